The van der Waals surface area contributed by atoms with Gasteiger partial charge in [-0.3, -0.25) is 0 Å². The van der Waals surface area contributed by atoms with E-state index < -0.39 is 0 Å². The SMILES string of the molecule is C1=CCC2(OC1)c1ccccc1CCc1ccccc12. The molecule has 0 saturated carbocycles. The molecule has 4 rings (SSSR count). The Bertz CT molecular complexity index is 621. The highest BCUT2D eigenvalue weighted by molar-refractivity contribution is 5.48. The average molecular weight is 262 g/mol. The highest BCUT2D eigenvalue weighted by Crippen LogP contribution is 2.44. The summed E-state index contributed by atoms with van der Waals surface area (Å²) in [5.41, 5.74) is 5.29. The van der Waals surface area contributed by atoms with Gasteiger partial charge in [0.25, 0.3) is 0 Å². The molecule has 20 heavy (non-hydrogen) atoms. The van der Waals surface area contributed by atoms with Crippen LogP contribution < -0.4 is 0 Å². The van der Waals surface area contributed by atoms with E-state index >= 15 is 0 Å². The molecule has 0 aromatic heterocycles. The van der Waals surface area contributed by atoms with E-state index in [1.807, 2.05) is 0 Å². The van der Waals surface area contributed by atoms with Gasteiger partial charge in [0.1, 0.15) is 5.60 Å². The largest absolute Gasteiger partial charge is 0.361 e. The summed E-state index contributed by atoms with van der Waals surface area (Å²) in [4.78, 5) is 0. The number of aryl methyl sites for hydroxylation is 2. The summed E-state index contributed by atoms with van der Waals surface area (Å²) < 4.78 is 6.35. The smallest absolute Gasteiger partial charge is 0.122 e. The Kier molecular flexibility index (Phi) is 2.75. The second kappa shape index (κ2) is 4.60. The average Bonchev–Trinajstić information content (AvgIpc) is 2.66. The molecule has 2 aliphatic rings. The van der Waals surface area contributed by atoms with Gasteiger partial charge in [0.15, 0.2) is 0 Å². The molecular weight excluding hydrogens is 244 g/mol. The van der Waals surface area contributed by atoms with Gasteiger partial charge in [0.05, 0.1) is 6.61 Å². The zero-order chi connectivity index (χ0) is 13.4. The summed E-state index contributed by atoms with van der Waals surface area (Å²) in [5, 5.41) is 0. The number of hydrogen-bond donors (Lipinski definition) is 0. The standard InChI is InChI=1S/C19H18O/c1-3-9-17-15(7-1)11-12-16-8-2-4-10-18(16)19(17)13-5-6-14-20-19/h1-10H,11-14H2. The molecule has 0 N–H and O–H groups in total. The minimum Gasteiger partial charge on any atom is -0.361 e. The molecule has 0 amide bonds. The van der Waals surface area contributed by atoms with E-state index in [1.54, 1.807) is 0 Å². The Labute approximate surface area is 119 Å². The van der Waals surface area contributed by atoms with E-state index in [-0.39, 0.29) is 5.60 Å². The first-order valence-corrected chi connectivity index (χ1v) is 7.36. The lowest BCUT2D eigenvalue weighted by Crippen LogP contribution is -2.34. The van der Waals surface area contributed by atoms with E-state index in [0.717, 1.165) is 19.3 Å². The minimum absolute atomic E-state index is 0.279. The van der Waals surface area contributed by atoms with Gasteiger partial charge in [-0.05, 0) is 35.1 Å². The summed E-state index contributed by atoms with van der Waals surface area (Å²) in [6.45, 7) is 0.697. The summed E-state index contributed by atoms with van der Waals surface area (Å²) in [7, 11) is 0. The highest BCUT2D eigenvalue weighted by Gasteiger charge is 2.40. The first kappa shape index (κ1) is 11.9. The molecule has 1 heterocycles. The predicted octanol–water partition coefficient (Wildman–Crippen LogP) is 4.01. The fourth-order valence-corrected chi connectivity index (χ4v) is 3.62. The van der Waals surface area contributed by atoms with Crippen LogP contribution in [0.15, 0.2) is 60.7 Å². The second-order valence-electron chi connectivity index (χ2n) is 5.63. The fraction of sp³-hybridized carbons (Fsp3) is 0.263. The number of fused-ring (bicyclic) bond motifs is 4. The van der Waals surface area contributed by atoms with Crippen molar-refractivity contribution in [3.8, 4) is 0 Å². The third-order valence-electron chi connectivity index (χ3n) is 4.57. The second-order valence-corrected chi connectivity index (χ2v) is 5.63. The number of benzene rings is 2. The van der Waals surface area contributed by atoms with Crippen molar-refractivity contribution in [3.63, 3.8) is 0 Å². The van der Waals surface area contributed by atoms with Crippen LogP contribution >= 0.6 is 0 Å². The third kappa shape index (κ3) is 1.66. The fourth-order valence-electron chi connectivity index (χ4n) is 3.62. The van der Waals surface area contributed by atoms with Crippen LogP contribution in [0.2, 0.25) is 0 Å². The van der Waals surface area contributed by atoms with Crippen molar-refractivity contribution in [3.05, 3.63) is 82.9 Å². The molecule has 0 unspecified atom stereocenters. The Morgan fingerprint density at radius 2 is 1.35 bits per heavy atom. The van der Waals surface area contributed by atoms with Gasteiger partial charge in [-0.25, -0.2) is 0 Å². The lowest BCUT2D eigenvalue weighted by Gasteiger charge is -2.37. The normalized spacial score (nSPS) is 19.2. The van der Waals surface area contributed by atoms with E-state index in [9.17, 15) is 0 Å². The van der Waals surface area contributed by atoms with Crippen molar-refractivity contribution < 1.29 is 4.74 Å². The Morgan fingerprint density at radius 1 is 0.750 bits per heavy atom. The van der Waals surface area contributed by atoms with E-state index in [2.05, 4.69) is 60.7 Å². The molecule has 0 bridgehead atoms. The molecule has 100 valence electrons. The van der Waals surface area contributed by atoms with E-state index in [0.29, 0.717) is 6.61 Å². The molecule has 0 atom stereocenters. The van der Waals surface area contributed by atoms with Crippen LogP contribution in [0.5, 0.6) is 0 Å². The van der Waals surface area contributed by atoms with Crippen LogP contribution in [0.25, 0.3) is 0 Å². The summed E-state index contributed by atoms with van der Waals surface area (Å²) in [5.74, 6) is 0. The lowest BCUT2D eigenvalue weighted by atomic mass is 9.80. The Morgan fingerprint density at radius 3 is 1.90 bits per heavy atom. The summed E-state index contributed by atoms with van der Waals surface area (Å²) in [6, 6.07) is 17.6. The van der Waals surface area contributed by atoms with Crippen molar-refractivity contribution in [2.24, 2.45) is 0 Å². The van der Waals surface area contributed by atoms with Crippen LogP contribution in [0.4, 0.5) is 0 Å². The molecule has 1 heteroatoms. The summed E-state index contributed by atoms with van der Waals surface area (Å²) >= 11 is 0. The molecule has 1 aliphatic heterocycles. The van der Waals surface area contributed by atoms with Crippen molar-refractivity contribution >= 4 is 0 Å². The first-order valence-electron chi connectivity index (χ1n) is 7.36. The van der Waals surface area contributed by atoms with E-state index in [1.165, 1.54) is 22.3 Å². The minimum atomic E-state index is -0.279. The molecule has 2 aromatic carbocycles. The third-order valence-corrected chi connectivity index (χ3v) is 4.57. The van der Waals surface area contributed by atoms with Crippen molar-refractivity contribution in [2.75, 3.05) is 6.61 Å². The number of ether oxygens (including phenoxy) is 1. The summed E-state index contributed by atoms with van der Waals surface area (Å²) in [6.07, 6.45) is 7.52. The molecule has 1 spiro atoms. The number of rotatable bonds is 0. The zero-order valence-electron chi connectivity index (χ0n) is 11.5. The molecular formula is C19H18O. The maximum Gasteiger partial charge on any atom is 0.122 e. The molecule has 1 aliphatic carbocycles. The maximum atomic E-state index is 6.35. The molecule has 0 radical (unpaired) electrons. The van der Waals surface area contributed by atoms with Crippen LogP contribution in [0.1, 0.15) is 28.7 Å². The van der Waals surface area contributed by atoms with Gasteiger partial charge < -0.3 is 4.74 Å². The Hall–Kier alpha value is -1.86. The first-order chi connectivity index (χ1) is 9.90. The topological polar surface area (TPSA) is 9.23 Å². The van der Waals surface area contributed by atoms with E-state index in [4.69, 9.17) is 4.74 Å². The van der Waals surface area contributed by atoms with Crippen molar-refractivity contribution in [1.82, 2.24) is 0 Å². The zero-order valence-corrected chi connectivity index (χ0v) is 11.5. The van der Waals surface area contributed by atoms with Gasteiger partial charge in [-0.1, -0.05) is 60.7 Å². The van der Waals surface area contributed by atoms with Crippen LogP contribution in [-0.2, 0) is 23.2 Å². The monoisotopic (exact) mass is 262 g/mol. The van der Waals surface area contributed by atoms with Gasteiger partial charge in [0.2, 0.25) is 0 Å². The maximum absolute atomic E-state index is 6.35. The van der Waals surface area contributed by atoms with Crippen molar-refractivity contribution in [2.45, 2.75) is 24.9 Å². The predicted molar refractivity (Wildman–Crippen MR) is 80.8 cm³/mol. The van der Waals surface area contributed by atoms with Crippen LogP contribution in [-0.4, -0.2) is 6.61 Å². The van der Waals surface area contributed by atoms with Crippen LogP contribution in [0, 0.1) is 0 Å². The molecule has 1 nitrogen and oxygen atoms in total. The van der Waals surface area contributed by atoms with Gasteiger partial charge >= 0.3 is 0 Å². The van der Waals surface area contributed by atoms with Crippen molar-refractivity contribution in [1.29, 1.82) is 0 Å². The lowest BCUT2D eigenvalue weighted by molar-refractivity contribution is -0.00792. The highest BCUT2D eigenvalue weighted by atomic mass is 16.5. The van der Waals surface area contributed by atoms with Gasteiger partial charge in [-0.15, -0.1) is 0 Å². The van der Waals surface area contributed by atoms with Gasteiger partial charge in [0, 0.05) is 6.42 Å². The van der Waals surface area contributed by atoms with Gasteiger partial charge in [-0.2, -0.15) is 0 Å². The number of hydrogen-bond acceptors (Lipinski definition) is 1. The Balaban J connectivity index is 2.01. The molecule has 0 fully saturated rings. The molecule has 0 saturated heterocycles. The van der Waals surface area contributed by atoms with Crippen LogP contribution in [0.3, 0.4) is 0 Å². The molecule has 2 aromatic rings. The quantitative estimate of drug-likeness (QED) is 0.652.